The van der Waals surface area contributed by atoms with Gasteiger partial charge in [-0.1, -0.05) is 6.07 Å². The van der Waals surface area contributed by atoms with Crippen LogP contribution in [0, 0.1) is 0 Å². The van der Waals surface area contributed by atoms with E-state index in [9.17, 15) is 4.79 Å². The van der Waals surface area contributed by atoms with E-state index >= 15 is 0 Å². The van der Waals surface area contributed by atoms with Crippen molar-refractivity contribution in [2.75, 3.05) is 20.1 Å². The van der Waals surface area contributed by atoms with E-state index in [4.69, 9.17) is 0 Å². The monoisotopic (exact) mass is 280 g/mol. The number of amides is 1. The van der Waals surface area contributed by atoms with Crippen LogP contribution in [0.4, 0.5) is 0 Å². The van der Waals surface area contributed by atoms with Crippen LogP contribution in [-0.4, -0.2) is 36.5 Å². The lowest BCUT2D eigenvalue weighted by molar-refractivity contribution is -0.132. The summed E-state index contributed by atoms with van der Waals surface area (Å²) in [5, 5.41) is 5.46. The predicted molar refractivity (Wildman–Crippen MR) is 80.5 cm³/mol. The number of thiophene rings is 1. The van der Waals surface area contributed by atoms with E-state index in [2.05, 4.69) is 29.8 Å². The van der Waals surface area contributed by atoms with Gasteiger partial charge in [0, 0.05) is 29.9 Å². The van der Waals surface area contributed by atoms with Crippen molar-refractivity contribution in [1.82, 2.24) is 10.2 Å². The van der Waals surface area contributed by atoms with Crippen molar-refractivity contribution in [3.63, 3.8) is 0 Å². The highest BCUT2D eigenvalue weighted by molar-refractivity contribution is 7.09. The number of hydrogen-bond acceptors (Lipinski definition) is 3. The van der Waals surface area contributed by atoms with Crippen molar-refractivity contribution in [2.24, 2.45) is 0 Å². The minimum Gasteiger partial charge on any atom is -0.343 e. The lowest BCUT2D eigenvalue weighted by Gasteiger charge is -2.39. The molecule has 0 bridgehead atoms. The van der Waals surface area contributed by atoms with Crippen molar-refractivity contribution in [2.45, 2.75) is 44.6 Å². The maximum atomic E-state index is 12.1. The zero-order valence-corrected chi connectivity index (χ0v) is 12.8. The fraction of sp³-hybridized carbons (Fsp3) is 0.667. The Hall–Kier alpha value is -0.870. The molecular weight excluding hydrogens is 256 g/mol. The van der Waals surface area contributed by atoms with E-state index in [0.29, 0.717) is 12.3 Å². The summed E-state index contributed by atoms with van der Waals surface area (Å²) in [5.41, 5.74) is 0.216. The Morgan fingerprint density at radius 3 is 2.79 bits per heavy atom. The second kappa shape index (κ2) is 6.53. The van der Waals surface area contributed by atoms with Crippen molar-refractivity contribution in [3.05, 3.63) is 22.4 Å². The molecular formula is C15H24N2OS. The average molecular weight is 280 g/mol. The van der Waals surface area contributed by atoms with Crippen LogP contribution in [0.25, 0.3) is 0 Å². The Balaban J connectivity index is 1.70. The number of nitrogens with one attached hydrogen (secondary N) is 1. The number of likely N-dealkylation sites (tertiary alicyclic amines) is 1. The molecule has 1 aliphatic heterocycles. The molecule has 4 heteroatoms. The third-order valence-electron chi connectivity index (χ3n) is 4.22. The number of carbonyl (C=O) groups is 1. The van der Waals surface area contributed by atoms with Gasteiger partial charge in [-0.25, -0.2) is 0 Å². The number of nitrogens with zero attached hydrogens (tertiary/aromatic N) is 1. The normalized spacial score (nSPS) is 18.5. The highest BCUT2D eigenvalue weighted by Gasteiger charge is 2.29. The molecule has 0 unspecified atom stereocenters. The van der Waals surface area contributed by atoms with Crippen LogP contribution in [0.1, 0.15) is 37.5 Å². The van der Waals surface area contributed by atoms with E-state index in [1.54, 1.807) is 11.3 Å². The first kappa shape index (κ1) is 14.5. The van der Waals surface area contributed by atoms with Crippen LogP contribution >= 0.6 is 11.3 Å². The molecule has 19 heavy (non-hydrogen) atoms. The maximum Gasteiger partial charge on any atom is 0.222 e. The highest BCUT2D eigenvalue weighted by atomic mass is 32.1. The van der Waals surface area contributed by atoms with Gasteiger partial charge in [-0.15, -0.1) is 11.3 Å². The molecule has 0 spiro atoms. The number of rotatable bonds is 5. The zero-order valence-electron chi connectivity index (χ0n) is 11.9. The predicted octanol–water partition coefficient (Wildman–Crippen LogP) is 2.67. The van der Waals surface area contributed by atoms with Gasteiger partial charge in [0.1, 0.15) is 0 Å². The topological polar surface area (TPSA) is 32.3 Å². The third kappa shape index (κ3) is 4.05. The van der Waals surface area contributed by atoms with Gasteiger partial charge in [0.25, 0.3) is 0 Å². The smallest absolute Gasteiger partial charge is 0.222 e. The van der Waals surface area contributed by atoms with Gasteiger partial charge in [-0.3, -0.25) is 4.79 Å². The van der Waals surface area contributed by atoms with Gasteiger partial charge in [0.05, 0.1) is 0 Å². The molecule has 3 nitrogen and oxygen atoms in total. The van der Waals surface area contributed by atoms with Crippen LogP contribution < -0.4 is 5.32 Å². The molecule has 1 amide bonds. The van der Waals surface area contributed by atoms with Crippen molar-refractivity contribution in [3.8, 4) is 0 Å². The van der Waals surface area contributed by atoms with Gasteiger partial charge in [-0.05, 0) is 51.1 Å². The zero-order chi connectivity index (χ0) is 13.7. The Kier molecular flexibility index (Phi) is 4.99. The first-order chi connectivity index (χ1) is 9.13. The molecule has 0 aliphatic carbocycles. The summed E-state index contributed by atoms with van der Waals surface area (Å²) in [6.45, 7) is 4.04. The highest BCUT2D eigenvalue weighted by Crippen LogP contribution is 2.22. The summed E-state index contributed by atoms with van der Waals surface area (Å²) >= 11 is 1.78. The fourth-order valence-corrected chi connectivity index (χ4v) is 3.28. The average Bonchev–Trinajstić information content (AvgIpc) is 2.92. The molecule has 1 aliphatic rings. The van der Waals surface area contributed by atoms with E-state index in [1.165, 1.54) is 4.88 Å². The van der Waals surface area contributed by atoms with E-state index in [-0.39, 0.29) is 5.54 Å². The van der Waals surface area contributed by atoms with E-state index in [1.807, 2.05) is 11.9 Å². The molecule has 1 aromatic rings. The second-order valence-electron chi connectivity index (χ2n) is 5.62. The summed E-state index contributed by atoms with van der Waals surface area (Å²) in [6, 6.07) is 4.22. The van der Waals surface area contributed by atoms with Crippen LogP contribution in [-0.2, 0) is 11.2 Å². The van der Waals surface area contributed by atoms with Crippen molar-refractivity contribution in [1.29, 1.82) is 0 Å². The summed E-state index contributed by atoms with van der Waals surface area (Å²) in [5.74, 6) is 0.328. The quantitative estimate of drug-likeness (QED) is 0.899. The van der Waals surface area contributed by atoms with E-state index < -0.39 is 0 Å². The standard InChI is InChI=1S/C15H24N2OS/c1-15(16-2)8-10-17(11-9-15)14(18)7-3-5-13-6-4-12-19-13/h4,6,12,16H,3,5,7-11H2,1-2H3. The van der Waals surface area contributed by atoms with Crippen molar-refractivity contribution >= 4 is 17.2 Å². The van der Waals surface area contributed by atoms with Crippen molar-refractivity contribution < 1.29 is 4.79 Å². The Bertz CT molecular complexity index is 394. The lowest BCUT2D eigenvalue weighted by atomic mass is 9.90. The first-order valence-corrected chi connectivity index (χ1v) is 8.00. The molecule has 2 heterocycles. The molecule has 1 fully saturated rings. The van der Waals surface area contributed by atoms with Crippen LogP contribution in [0.5, 0.6) is 0 Å². The van der Waals surface area contributed by atoms with Crippen LogP contribution in [0.15, 0.2) is 17.5 Å². The number of aryl methyl sites for hydroxylation is 1. The molecule has 0 aromatic carbocycles. The molecule has 0 radical (unpaired) electrons. The van der Waals surface area contributed by atoms with Crippen LogP contribution in [0.2, 0.25) is 0 Å². The number of hydrogen-bond donors (Lipinski definition) is 1. The van der Waals surface area contributed by atoms with Gasteiger partial charge in [-0.2, -0.15) is 0 Å². The summed E-state index contributed by atoms with van der Waals surface area (Å²) in [4.78, 5) is 15.6. The molecule has 1 aromatic heterocycles. The SMILES string of the molecule is CNC1(C)CCN(C(=O)CCCc2cccs2)CC1. The fourth-order valence-electron chi connectivity index (χ4n) is 2.53. The molecule has 1 saturated heterocycles. The third-order valence-corrected chi connectivity index (χ3v) is 5.15. The maximum absolute atomic E-state index is 12.1. The largest absolute Gasteiger partial charge is 0.343 e. The Morgan fingerprint density at radius 2 is 2.21 bits per heavy atom. The molecule has 0 atom stereocenters. The lowest BCUT2D eigenvalue weighted by Crippen LogP contribution is -2.51. The molecule has 0 saturated carbocycles. The summed E-state index contributed by atoms with van der Waals surface area (Å²) < 4.78 is 0. The number of piperidine rings is 1. The molecule has 2 rings (SSSR count). The minimum atomic E-state index is 0.216. The van der Waals surface area contributed by atoms with Gasteiger partial charge in [0.2, 0.25) is 5.91 Å². The number of carbonyl (C=O) groups excluding carboxylic acids is 1. The second-order valence-corrected chi connectivity index (χ2v) is 6.66. The van der Waals surface area contributed by atoms with Crippen LogP contribution in [0.3, 0.4) is 0 Å². The summed E-state index contributed by atoms with van der Waals surface area (Å²) in [7, 11) is 2.01. The Labute approximate surface area is 120 Å². The molecule has 1 N–H and O–H groups in total. The molecule has 106 valence electrons. The first-order valence-electron chi connectivity index (χ1n) is 7.12. The summed E-state index contributed by atoms with van der Waals surface area (Å²) in [6.07, 6.45) is 4.80. The van der Waals surface area contributed by atoms with Gasteiger partial charge < -0.3 is 10.2 Å². The van der Waals surface area contributed by atoms with E-state index in [0.717, 1.165) is 38.8 Å². The van der Waals surface area contributed by atoms with Gasteiger partial charge in [0.15, 0.2) is 0 Å². The van der Waals surface area contributed by atoms with Gasteiger partial charge >= 0.3 is 0 Å². The minimum absolute atomic E-state index is 0.216. The Morgan fingerprint density at radius 1 is 1.47 bits per heavy atom.